The number of nitrogens with zero attached hydrogens (tertiary/aromatic N) is 1. The topological polar surface area (TPSA) is 88.4 Å². The van der Waals surface area contributed by atoms with Crippen LogP contribution in [-0.2, 0) is 10.2 Å². The Labute approximate surface area is 183 Å². The van der Waals surface area contributed by atoms with Gasteiger partial charge in [-0.2, -0.15) is 5.26 Å². The van der Waals surface area contributed by atoms with Crippen molar-refractivity contribution in [3.8, 4) is 17.6 Å². The molecule has 6 nitrogen and oxygen atoms in total. The quantitative estimate of drug-likeness (QED) is 0.318. The van der Waals surface area contributed by atoms with Crippen molar-refractivity contribution >= 4 is 18.0 Å². The maximum absolute atomic E-state index is 12.6. The second kappa shape index (κ2) is 9.94. The molecule has 0 saturated heterocycles. The van der Waals surface area contributed by atoms with Gasteiger partial charge in [0, 0.05) is 6.04 Å². The third-order valence-electron chi connectivity index (χ3n) is 4.47. The molecule has 0 fully saturated rings. The predicted molar refractivity (Wildman–Crippen MR) is 120 cm³/mol. The van der Waals surface area contributed by atoms with Crippen molar-refractivity contribution in [2.24, 2.45) is 0 Å². The fraction of sp³-hybridized carbons (Fsp3) is 0.320. The van der Waals surface area contributed by atoms with Gasteiger partial charge in [0.2, 0.25) is 0 Å². The lowest BCUT2D eigenvalue weighted by atomic mass is 9.87. The fourth-order valence-electron chi connectivity index (χ4n) is 2.78. The third-order valence-corrected chi connectivity index (χ3v) is 4.47. The van der Waals surface area contributed by atoms with E-state index < -0.39 is 11.9 Å². The summed E-state index contributed by atoms with van der Waals surface area (Å²) in [6.07, 6.45) is 1.46. The van der Waals surface area contributed by atoms with Crippen LogP contribution < -0.4 is 14.8 Å². The molecule has 0 aromatic heterocycles. The van der Waals surface area contributed by atoms with E-state index in [0.29, 0.717) is 16.9 Å². The van der Waals surface area contributed by atoms with E-state index in [0.717, 1.165) is 5.56 Å². The van der Waals surface area contributed by atoms with Crippen molar-refractivity contribution in [1.82, 2.24) is 5.32 Å². The van der Waals surface area contributed by atoms with Crippen LogP contribution in [0.3, 0.4) is 0 Å². The molecule has 2 aromatic carbocycles. The van der Waals surface area contributed by atoms with Gasteiger partial charge in [-0.15, -0.1) is 0 Å². The molecule has 0 saturated carbocycles. The summed E-state index contributed by atoms with van der Waals surface area (Å²) in [5.74, 6) is -0.397. The Bertz CT molecular complexity index is 1020. The summed E-state index contributed by atoms with van der Waals surface area (Å²) in [4.78, 5) is 24.7. The Morgan fingerprint density at radius 2 is 1.71 bits per heavy atom. The Balaban J connectivity index is 2.23. The summed E-state index contributed by atoms with van der Waals surface area (Å²) in [5, 5.41) is 12.0. The molecule has 2 rings (SSSR count). The highest BCUT2D eigenvalue weighted by Gasteiger charge is 2.17. The maximum atomic E-state index is 12.6. The molecule has 1 amide bonds. The van der Waals surface area contributed by atoms with Crippen LogP contribution >= 0.6 is 0 Å². The molecule has 0 aliphatic heterocycles. The van der Waals surface area contributed by atoms with Crippen molar-refractivity contribution < 1.29 is 19.1 Å². The third kappa shape index (κ3) is 6.45. The molecular formula is C25H28N2O4. The largest absolute Gasteiger partial charge is 0.493 e. The van der Waals surface area contributed by atoms with Gasteiger partial charge in [0.15, 0.2) is 11.5 Å². The summed E-state index contributed by atoms with van der Waals surface area (Å²) < 4.78 is 10.8. The van der Waals surface area contributed by atoms with Gasteiger partial charge in [0.25, 0.3) is 5.91 Å². The van der Waals surface area contributed by atoms with Gasteiger partial charge in [-0.05, 0) is 60.7 Å². The number of methoxy groups -OCH3 is 1. The van der Waals surface area contributed by atoms with Crippen molar-refractivity contribution in [1.29, 1.82) is 5.26 Å². The number of carbonyl (C=O) groups is 2. The summed E-state index contributed by atoms with van der Waals surface area (Å²) in [5.41, 5.74) is 2.08. The van der Waals surface area contributed by atoms with Crippen LogP contribution in [0.4, 0.5) is 0 Å². The number of rotatable bonds is 6. The zero-order valence-electron chi connectivity index (χ0n) is 18.8. The predicted octanol–water partition coefficient (Wildman–Crippen LogP) is 4.64. The number of hydrogen-bond acceptors (Lipinski definition) is 5. The lowest BCUT2D eigenvalue weighted by Crippen LogP contribution is -2.30. The van der Waals surface area contributed by atoms with Crippen LogP contribution in [-0.4, -0.2) is 25.0 Å². The molecule has 0 aliphatic carbocycles. The average Bonchev–Trinajstić information content (AvgIpc) is 2.71. The highest BCUT2D eigenvalue weighted by molar-refractivity contribution is 6.01. The van der Waals surface area contributed by atoms with Crippen molar-refractivity contribution in [2.75, 3.05) is 7.11 Å². The Morgan fingerprint density at radius 3 is 2.23 bits per heavy atom. The van der Waals surface area contributed by atoms with E-state index in [2.05, 4.69) is 26.1 Å². The highest BCUT2D eigenvalue weighted by atomic mass is 16.6. The first-order valence-corrected chi connectivity index (χ1v) is 9.98. The normalized spacial score (nSPS) is 11.6. The van der Waals surface area contributed by atoms with Crippen molar-refractivity contribution in [3.05, 3.63) is 64.7 Å². The van der Waals surface area contributed by atoms with Crippen LogP contribution in [0.15, 0.2) is 48.0 Å². The van der Waals surface area contributed by atoms with Gasteiger partial charge in [-0.3, -0.25) is 4.79 Å². The van der Waals surface area contributed by atoms with E-state index in [-0.39, 0.29) is 22.8 Å². The van der Waals surface area contributed by atoms with Gasteiger partial charge < -0.3 is 14.8 Å². The second-order valence-corrected chi connectivity index (χ2v) is 8.43. The number of carbonyl (C=O) groups excluding carboxylic acids is 2. The Hall–Kier alpha value is -3.59. The first-order valence-electron chi connectivity index (χ1n) is 9.98. The van der Waals surface area contributed by atoms with Gasteiger partial charge >= 0.3 is 5.97 Å². The molecular weight excluding hydrogens is 392 g/mol. The highest BCUT2D eigenvalue weighted by Crippen LogP contribution is 2.30. The van der Waals surface area contributed by atoms with Gasteiger partial charge in [-0.1, -0.05) is 39.0 Å². The van der Waals surface area contributed by atoms with E-state index in [1.807, 2.05) is 32.0 Å². The molecule has 0 spiro atoms. The molecule has 0 heterocycles. The van der Waals surface area contributed by atoms with Crippen LogP contribution in [0, 0.1) is 11.3 Å². The average molecular weight is 421 g/mol. The molecule has 0 radical (unpaired) electrons. The number of benzene rings is 2. The second-order valence-electron chi connectivity index (χ2n) is 8.43. The molecule has 31 heavy (non-hydrogen) atoms. The number of nitrogens with one attached hydrogen (secondary N) is 1. The molecule has 0 atom stereocenters. The number of amides is 1. The molecule has 0 unspecified atom stereocenters. The van der Waals surface area contributed by atoms with Gasteiger partial charge in [-0.25, -0.2) is 4.79 Å². The lowest BCUT2D eigenvalue weighted by molar-refractivity contribution is -0.117. The molecule has 162 valence electrons. The minimum Gasteiger partial charge on any atom is -0.493 e. The molecule has 2 aromatic rings. The zero-order valence-corrected chi connectivity index (χ0v) is 18.8. The van der Waals surface area contributed by atoms with Crippen LogP contribution in [0.25, 0.3) is 6.08 Å². The minimum absolute atomic E-state index is 0.0106. The van der Waals surface area contributed by atoms with Gasteiger partial charge in [0.1, 0.15) is 11.6 Å². The first-order chi connectivity index (χ1) is 14.5. The minimum atomic E-state index is -0.504. The summed E-state index contributed by atoms with van der Waals surface area (Å²) in [6, 6.07) is 13.9. The molecule has 1 N–H and O–H groups in total. The zero-order chi connectivity index (χ0) is 23.2. The van der Waals surface area contributed by atoms with Crippen LogP contribution in [0.1, 0.15) is 56.1 Å². The number of ether oxygens (including phenoxy) is 2. The fourth-order valence-corrected chi connectivity index (χ4v) is 2.78. The monoisotopic (exact) mass is 420 g/mol. The summed E-state index contributed by atoms with van der Waals surface area (Å²) in [6.45, 7) is 9.94. The Morgan fingerprint density at radius 1 is 1.06 bits per heavy atom. The van der Waals surface area contributed by atoms with Gasteiger partial charge in [0.05, 0.1) is 12.7 Å². The van der Waals surface area contributed by atoms with Crippen LogP contribution in [0.2, 0.25) is 0 Å². The van der Waals surface area contributed by atoms with E-state index in [9.17, 15) is 14.9 Å². The maximum Gasteiger partial charge on any atom is 0.343 e. The Kier molecular flexibility index (Phi) is 7.60. The summed E-state index contributed by atoms with van der Waals surface area (Å²) in [7, 11) is 1.45. The van der Waals surface area contributed by atoms with E-state index in [1.54, 1.807) is 30.3 Å². The molecule has 6 heteroatoms. The standard InChI is InChI=1S/C25H28N2O4/c1-16(2)27-23(28)19(15-26)13-17-7-12-21(22(14-17)30-6)31-24(29)18-8-10-20(11-9-18)25(3,4)5/h7-14,16H,1-6H3,(H,27,28)/b19-13+. The summed E-state index contributed by atoms with van der Waals surface area (Å²) >= 11 is 0. The first kappa shape index (κ1) is 23.7. The van der Waals surface area contributed by atoms with E-state index >= 15 is 0 Å². The smallest absolute Gasteiger partial charge is 0.343 e. The number of hydrogen-bond donors (Lipinski definition) is 1. The van der Waals surface area contributed by atoms with Crippen molar-refractivity contribution in [3.63, 3.8) is 0 Å². The number of esters is 1. The van der Waals surface area contributed by atoms with E-state index in [4.69, 9.17) is 9.47 Å². The van der Waals surface area contributed by atoms with Crippen LogP contribution in [0.5, 0.6) is 11.5 Å². The molecule has 0 aliphatic rings. The number of nitriles is 1. The lowest BCUT2D eigenvalue weighted by Gasteiger charge is -2.19. The van der Waals surface area contributed by atoms with E-state index in [1.165, 1.54) is 13.2 Å². The van der Waals surface area contributed by atoms with Crippen molar-refractivity contribution in [2.45, 2.75) is 46.1 Å². The SMILES string of the molecule is COc1cc(/C=C(\C#N)C(=O)NC(C)C)ccc1OC(=O)c1ccc(C(C)(C)C)cc1. The molecule has 0 bridgehead atoms.